The van der Waals surface area contributed by atoms with E-state index in [4.69, 9.17) is 16.3 Å². The minimum Gasteiger partial charge on any atom is -0.455 e. The Morgan fingerprint density at radius 3 is 2.48 bits per heavy atom. The molecular weight excluding hydrogens is 803 g/mol. The van der Waals surface area contributed by atoms with Crippen molar-refractivity contribution in [1.82, 2.24) is 19.6 Å². The smallest absolute Gasteiger partial charge is 0.446 e. The predicted octanol–water partition coefficient (Wildman–Crippen LogP) is 11.5. The third-order valence-electron chi connectivity index (χ3n) is 11.2. The first-order valence-electron chi connectivity index (χ1n) is 19.7. The number of aromatic nitrogens is 2. The molecule has 1 aliphatic heterocycles. The van der Waals surface area contributed by atoms with Crippen LogP contribution in [0.1, 0.15) is 73.9 Å². The number of ether oxygens (including phenoxy) is 1. The molecule has 14 heteroatoms. The van der Waals surface area contributed by atoms with Gasteiger partial charge in [0.25, 0.3) is 5.91 Å². The Morgan fingerprint density at radius 2 is 1.78 bits per heavy atom. The number of alkyl halides is 3. The number of aromatic amines is 1. The van der Waals surface area contributed by atoms with Crippen molar-refractivity contribution in [3.8, 4) is 11.5 Å². The van der Waals surface area contributed by atoms with Gasteiger partial charge in [0, 0.05) is 70.9 Å². The summed E-state index contributed by atoms with van der Waals surface area (Å²) in [5.41, 5.74) is 2.30. The zero-order chi connectivity index (χ0) is 40.9. The molecule has 8 nitrogen and oxygen atoms in total. The van der Waals surface area contributed by atoms with Gasteiger partial charge in [-0.3, -0.25) is 14.4 Å². The van der Waals surface area contributed by atoms with Crippen molar-refractivity contribution in [3.63, 3.8) is 0 Å². The van der Waals surface area contributed by atoms with Crippen molar-refractivity contribution in [2.45, 2.75) is 74.3 Å². The lowest BCUT2D eigenvalue weighted by Gasteiger charge is -2.47. The maximum Gasteiger partial charge on any atom is 0.446 e. The molecule has 1 saturated heterocycles. The maximum atomic E-state index is 13.7. The molecule has 306 valence electrons. The van der Waals surface area contributed by atoms with Gasteiger partial charge in [-0.2, -0.15) is 13.2 Å². The molecule has 0 radical (unpaired) electrons. The van der Waals surface area contributed by atoms with Gasteiger partial charge in [-0.1, -0.05) is 55.6 Å². The van der Waals surface area contributed by atoms with Crippen LogP contribution in [-0.2, 0) is 6.61 Å². The van der Waals surface area contributed by atoms with Crippen LogP contribution in [0.15, 0.2) is 101 Å². The van der Waals surface area contributed by atoms with E-state index in [9.17, 15) is 23.1 Å². The first kappa shape index (κ1) is 42.0. The molecule has 3 aliphatic rings. The Balaban J connectivity index is 0.00000252. The van der Waals surface area contributed by atoms with Gasteiger partial charge in [0.1, 0.15) is 17.1 Å². The Kier molecular flexibility index (Phi) is 13.3. The highest BCUT2D eigenvalue weighted by atomic mass is 35.5. The molecule has 1 saturated carbocycles. The van der Waals surface area contributed by atoms with Gasteiger partial charge >= 0.3 is 5.51 Å². The van der Waals surface area contributed by atoms with E-state index in [0.29, 0.717) is 27.5 Å². The molecule has 0 atom stereocenters. The Morgan fingerprint density at radius 1 is 1.00 bits per heavy atom. The van der Waals surface area contributed by atoms with Gasteiger partial charge in [-0.25, -0.2) is 4.98 Å². The van der Waals surface area contributed by atoms with Crippen molar-refractivity contribution in [2.75, 3.05) is 37.6 Å². The Bertz CT molecular complexity index is 2250. The van der Waals surface area contributed by atoms with Crippen LogP contribution in [0.3, 0.4) is 0 Å². The number of nitrogens with one attached hydrogen (secondary N) is 2. The number of benzene rings is 3. The van der Waals surface area contributed by atoms with Crippen LogP contribution < -0.4 is 14.4 Å². The molecule has 1 amide bonds. The second kappa shape index (κ2) is 18.4. The molecule has 2 aliphatic carbocycles. The zero-order valence-corrected chi connectivity index (χ0v) is 34.9. The van der Waals surface area contributed by atoms with Crippen LogP contribution in [0.4, 0.5) is 18.9 Å². The Labute approximate surface area is 350 Å². The maximum absolute atomic E-state index is 13.7. The number of thioether (sulfide) groups is 1. The lowest BCUT2D eigenvalue weighted by Crippen LogP contribution is -2.47. The van der Waals surface area contributed by atoms with Crippen molar-refractivity contribution in [2.24, 2.45) is 5.41 Å². The van der Waals surface area contributed by atoms with Crippen molar-refractivity contribution in [3.05, 3.63) is 112 Å². The van der Waals surface area contributed by atoms with E-state index in [1.54, 1.807) is 24.5 Å². The molecule has 0 unspecified atom stereocenters. The van der Waals surface area contributed by atoms with E-state index in [1.807, 2.05) is 50.2 Å². The summed E-state index contributed by atoms with van der Waals surface area (Å²) in [6, 6.07) is 21.8. The molecule has 8 rings (SSSR count). The number of anilines is 1. The van der Waals surface area contributed by atoms with E-state index in [0.717, 1.165) is 73.6 Å². The standard InChI is InChI=1S/C42H41ClF3N5O3S2.C2H6/c43-31-5-2-27(3-6-31)36-23-41(12-1-13-41)14-10-29(36)25-50-16-18-51(19-17-50)32-7-9-35(37(21-32)54-33-20-28-11-15-47-39(28)48-24-33)40(53)49-56-34-8-4-30(26-52)38(22-34)55-42(44,45)46;1-2/h2-9,11,15,20-22,24,52H,1,10,12-14,16-19,23,25-26H2,(H,47,48)(H,49,53);1-2H3. The number of nitrogens with zero attached hydrogens (tertiary/aromatic N) is 3. The number of aliphatic hydroxyl groups is 1. The lowest BCUT2D eigenvalue weighted by atomic mass is 9.59. The summed E-state index contributed by atoms with van der Waals surface area (Å²) >= 11 is 6.85. The minimum atomic E-state index is -4.52. The van der Waals surface area contributed by atoms with Crippen molar-refractivity contribution in [1.29, 1.82) is 0 Å². The van der Waals surface area contributed by atoms with Gasteiger partial charge in [-0.15, -0.1) is 0 Å². The van der Waals surface area contributed by atoms with Crippen LogP contribution in [0.5, 0.6) is 11.5 Å². The molecule has 0 bridgehead atoms. The van der Waals surface area contributed by atoms with Gasteiger partial charge in [0.05, 0.1) is 18.4 Å². The number of hydrogen-bond donors (Lipinski definition) is 3. The number of amides is 1. The SMILES string of the molecule is CC.O=C(NSc1ccc(CO)c(SC(F)(F)F)c1)c1ccc(N2CCN(CC3=C(c4ccc(Cl)cc4)CC4(CCC4)CC3)CC2)cc1Oc1cnc2[nH]ccc2c1. The normalized spacial score (nSPS) is 16.8. The van der Waals surface area contributed by atoms with E-state index in [-0.39, 0.29) is 27.8 Å². The van der Waals surface area contributed by atoms with Crippen LogP contribution in [0.2, 0.25) is 5.02 Å². The van der Waals surface area contributed by atoms with Crippen LogP contribution in [0, 0.1) is 5.41 Å². The van der Waals surface area contributed by atoms with Gasteiger partial charge in [0.2, 0.25) is 0 Å². The lowest BCUT2D eigenvalue weighted by molar-refractivity contribution is -0.0328. The fourth-order valence-corrected chi connectivity index (χ4v) is 9.55. The van der Waals surface area contributed by atoms with E-state index in [1.165, 1.54) is 54.5 Å². The number of H-pyrrole nitrogens is 1. The molecule has 3 aromatic carbocycles. The molecule has 3 heterocycles. The number of aliphatic hydroxyl groups excluding tert-OH is 1. The largest absolute Gasteiger partial charge is 0.455 e. The molecule has 2 fully saturated rings. The highest BCUT2D eigenvalue weighted by Gasteiger charge is 2.41. The average molecular weight is 850 g/mol. The quantitative estimate of drug-likeness (QED) is 0.0894. The van der Waals surface area contributed by atoms with E-state index >= 15 is 0 Å². The molecule has 2 aromatic heterocycles. The average Bonchev–Trinajstić information content (AvgIpc) is 3.69. The number of rotatable bonds is 11. The van der Waals surface area contributed by atoms with Gasteiger partial charge < -0.3 is 19.7 Å². The zero-order valence-electron chi connectivity index (χ0n) is 32.5. The van der Waals surface area contributed by atoms with Gasteiger partial charge in [0.15, 0.2) is 0 Å². The molecular formula is C44H47ClF3N5O3S2. The first-order chi connectivity index (χ1) is 28.0. The van der Waals surface area contributed by atoms with Crippen LogP contribution >= 0.6 is 35.3 Å². The first-order valence-corrected chi connectivity index (χ1v) is 21.7. The van der Waals surface area contributed by atoms with Gasteiger partial charge in [-0.05, 0) is 126 Å². The second-order valence-electron chi connectivity index (χ2n) is 14.8. The minimum absolute atomic E-state index is 0.125. The van der Waals surface area contributed by atoms with Crippen molar-refractivity contribution >= 4 is 63.5 Å². The monoisotopic (exact) mass is 849 g/mol. The highest BCUT2D eigenvalue weighted by molar-refractivity contribution is 8.00. The summed E-state index contributed by atoms with van der Waals surface area (Å²) in [4.78, 5) is 26.3. The Hall–Kier alpha value is -4.14. The van der Waals surface area contributed by atoms with Crippen molar-refractivity contribution < 1.29 is 27.8 Å². The number of pyridine rings is 1. The summed E-state index contributed by atoms with van der Waals surface area (Å²) in [5.74, 6) is 0.304. The summed E-state index contributed by atoms with van der Waals surface area (Å²) in [6.45, 7) is 7.78. The fraction of sp³-hybridized carbons (Fsp3) is 0.364. The predicted molar refractivity (Wildman–Crippen MR) is 229 cm³/mol. The number of fused-ring (bicyclic) bond motifs is 1. The van der Waals surface area contributed by atoms with E-state index < -0.39 is 18.0 Å². The molecule has 1 spiro atoms. The molecule has 58 heavy (non-hydrogen) atoms. The van der Waals surface area contributed by atoms with E-state index in [2.05, 4.69) is 36.6 Å². The van der Waals surface area contributed by atoms with Crippen LogP contribution in [0.25, 0.3) is 16.6 Å². The summed E-state index contributed by atoms with van der Waals surface area (Å²) in [6.07, 6.45) is 10.9. The number of allylic oxidation sites excluding steroid dienone is 1. The fourth-order valence-electron chi connectivity index (χ4n) is 8.02. The second-order valence-corrected chi connectivity index (χ2v) is 17.2. The molecule has 5 aromatic rings. The highest BCUT2D eigenvalue weighted by Crippen LogP contribution is 2.55. The number of piperazine rings is 1. The number of carbonyl (C=O) groups is 1. The third kappa shape index (κ3) is 9.99. The third-order valence-corrected chi connectivity index (χ3v) is 13.1. The number of halogens is 4. The number of carbonyl (C=O) groups excluding carboxylic acids is 1. The summed E-state index contributed by atoms with van der Waals surface area (Å²) < 4.78 is 48.7. The molecule has 3 N–H and O–H groups in total. The van der Waals surface area contributed by atoms with Crippen LogP contribution in [-0.4, -0.2) is 64.1 Å². The topological polar surface area (TPSA) is 93.7 Å². The summed E-state index contributed by atoms with van der Waals surface area (Å²) in [7, 11) is 0. The number of hydrogen-bond acceptors (Lipinski definition) is 8. The summed E-state index contributed by atoms with van der Waals surface area (Å²) in [5, 5.41) is 11.2.